The first-order valence-electron chi connectivity index (χ1n) is 8.01. The normalized spacial score (nSPS) is 10.3. The van der Waals surface area contributed by atoms with Gasteiger partial charge in [0, 0.05) is 17.8 Å². The second-order valence-corrected chi connectivity index (χ2v) is 5.94. The number of carbonyl (C=O) groups is 1. The summed E-state index contributed by atoms with van der Waals surface area (Å²) in [6, 6.07) is 11.6. The number of rotatable bonds is 6. The van der Waals surface area contributed by atoms with Crippen LogP contribution >= 0.6 is 11.6 Å². The third-order valence-electron chi connectivity index (χ3n) is 3.71. The largest absolute Gasteiger partial charge is 0.496 e. The van der Waals surface area contributed by atoms with Crippen LogP contribution < -0.4 is 15.4 Å². The van der Waals surface area contributed by atoms with Gasteiger partial charge in [-0.25, -0.2) is 14.4 Å². The summed E-state index contributed by atoms with van der Waals surface area (Å²) < 4.78 is 18.4. The van der Waals surface area contributed by atoms with Gasteiger partial charge in [-0.3, -0.25) is 4.79 Å². The van der Waals surface area contributed by atoms with Crippen LogP contribution in [0.4, 0.5) is 15.9 Å². The topological polar surface area (TPSA) is 76.1 Å². The minimum Gasteiger partial charge on any atom is -0.496 e. The lowest BCUT2D eigenvalue weighted by Crippen LogP contribution is -2.24. The van der Waals surface area contributed by atoms with E-state index in [4.69, 9.17) is 16.3 Å². The predicted molar refractivity (Wildman–Crippen MR) is 101 cm³/mol. The van der Waals surface area contributed by atoms with Crippen LogP contribution in [0.2, 0.25) is 5.02 Å². The average molecular weight is 387 g/mol. The highest BCUT2D eigenvalue weighted by atomic mass is 35.5. The molecule has 0 aliphatic carbocycles. The maximum Gasteiger partial charge on any atom is 0.271 e. The van der Waals surface area contributed by atoms with E-state index in [1.165, 1.54) is 30.6 Å². The number of hydrogen-bond donors (Lipinski definition) is 2. The van der Waals surface area contributed by atoms with E-state index in [1.807, 2.05) is 24.3 Å². The molecule has 1 aromatic heterocycles. The number of ether oxygens (including phenoxy) is 1. The fourth-order valence-corrected chi connectivity index (χ4v) is 2.53. The van der Waals surface area contributed by atoms with Gasteiger partial charge in [-0.1, -0.05) is 29.8 Å². The van der Waals surface area contributed by atoms with Crippen molar-refractivity contribution in [3.63, 3.8) is 0 Å². The van der Waals surface area contributed by atoms with Crippen molar-refractivity contribution >= 4 is 29.0 Å². The standard InChI is InChI=1S/C19H16ClFN4O2/c1-27-17-5-3-2-4-12(17)9-24-19(26)16-10-23-18(11-22-16)25-13-6-7-15(21)14(20)8-13/h2-8,10-11H,9H2,1H3,(H,23,25)(H,24,26). The average Bonchev–Trinajstić information content (AvgIpc) is 2.69. The monoisotopic (exact) mass is 386 g/mol. The summed E-state index contributed by atoms with van der Waals surface area (Å²) in [5.74, 6) is 0.237. The van der Waals surface area contributed by atoms with Gasteiger partial charge in [0.15, 0.2) is 0 Å². The summed E-state index contributed by atoms with van der Waals surface area (Å²) in [4.78, 5) is 20.5. The Morgan fingerprint density at radius 1 is 1.19 bits per heavy atom. The molecule has 0 radical (unpaired) electrons. The Kier molecular flexibility index (Phi) is 5.83. The van der Waals surface area contributed by atoms with Gasteiger partial charge in [0.1, 0.15) is 23.1 Å². The van der Waals surface area contributed by atoms with Gasteiger partial charge in [0.2, 0.25) is 0 Å². The molecule has 0 fully saturated rings. The molecule has 6 nitrogen and oxygen atoms in total. The number of carbonyl (C=O) groups excluding carboxylic acids is 1. The number of nitrogens with zero attached hydrogens (tertiary/aromatic N) is 2. The Balaban J connectivity index is 1.62. The van der Waals surface area contributed by atoms with Crippen LogP contribution in [0.25, 0.3) is 0 Å². The molecule has 3 rings (SSSR count). The van der Waals surface area contributed by atoms with E-state index in [2.05, 4.69) is 20.6 Å². The Bertz CT molecular complexity index is 951. The molecule has 138 valence electrons. The zero-order valence-electron chi connectivity index (χ0n) is 14.4. The van der Waals surface area contributed by atoms with Crippen molar-refractivity contribution < 1.29 is 13.9 Å². The molecule has 27 heavy (non-hydrogen) atoms. The van der Waals surface area contributed by atoms with Gasteiger partial charge in [-0.2, -0.15) is 0 Å². The molecule has 0 unspecified atom stereocenters. The number of benzene rings is 2. The fourth-order valence-electron chi connectivity index (χ4n) is 2.35. The highest BCUT2D eigenvalue weighted by Gasteiger charge is 2.10. The number of aromatic nitrogens is 2. The minimum atomic E-state index is -0.504. The number of nitrogens with one attached hydrogen (secondary N) is 2. The maximum atomic E-state index is 13.2. The Hall–Kier alpha value is -3.19. The number of methoxy groups -OCH3 is 1. The maximum absolute atomic E-state index is 13.2. The molecule has 0 saturated heterocycles. The molecule has 0 aliphatic rings. The molecule has 0 spiro atoms. The van der Waals surface area contributed by atoms with E-state index in [1.54, 1.807) is 7.11 Å². The van der Waals surface area contributed by atoms with Crippen LogP contribution in [0.5, 0.6) is 5.75 Å². The SMILES string of the molecule is COc1ccccc1CNC(=O)c1cnc(Nc2ccc(F)c(Cl)c2)cn1. The molecule has 0 atom stereocenters. The third-order valence-corrected chi connectivity index (χ3v) is 4.00. The van der Waals surface area contributed by atoms with Crippen molar-refractivity contribution in [3.8, 4) is 5.75 Å². The first-order valence-corrected chi connectivity index (χ1v) is 8.39. The first kappa shape index (κ1) is 18.6. The Morgan fingerprint density at radius 2 is 2.00 bits per heavy atom. The van der Waals surface area contributed by atoms with E-state index in [9.17, 15) is 9.18 Å². The molecule has 0 saturated carbocycles. The van der Waals surface area contributed by atoms with Gasteiger partial charge < -0.3 is 15.4 Å². The van der Waals surface area contributed by atoms with Gasteiger partial charge in [-0.15, -0.1) is 0 Å². The minimum absolute atomic E-state index is 0.000275. The molecule has 8 heteroatoms. The van der Waals surface area contributed by atoms with Crippen LogP contribution in [0, 0.1) is 5.82 Å². The van der Waals surface area contributed by atoms with Gasteiger partial charge in [0.25, 0.3) is 5.91 Å². The van der Waals surface area contributed by atoms with E-state index in [-0.39, 0.29) is 16.6 Å². The molecule has 0 aliphatic heterocycles. The molecule has 1 heterocycles. The van der Waals surface area contributed by atoms with Crippen molar-refractivity contribution in [2.24, 2.45) is 0 Å². The van der Waals surface area contributed by atoms with Crippen LogP contribution in [0.3, 0.4) is 0 Å². The van der Waals surface area contributed by atoms with Crippen molar-refractivity contribution in [2.75, 3.05) is 12.4 Å². The van der Waals surface area contributed by atoms with Crippen LogP contribution in [0.15, 0.2) is 54.9 Å². The molecule has 2 aromatic carbocycles. The summed E-state index contributed by atoms with van der Waals surface area (Å²) in [6.07, 6.45) is 2.76. The third kappa shape index (κ3) is 4.71. The first-order chi connectivity index (χ1) is 13.1. The summed E-state index contributed by atoms with van der Waals surface area (Å²) in [5.41, 5.74) is 1.59. The number of hydrogen-bond acceptors (Lipinski definition) is 5. The predicted octanol–water partition coefficient (Wildman–Crippen LogP) is 3.95. The molecule has 0 bridgehead atoms. The molecule has 1 amide bonds. The van der Waals surface area contributed by atoms with Crippen LogP contribution in [-0.2, 0) is 6.54 Å². The van der Waals surface area contributed by atoms with E-state index >= 15 is 0 Å². The number of halogens is 2. The van der Waals surface area contributed by atoms with E-state index in [0.717, 1.165) is 5.56 Å². The number of amides is 1. The fraction of sp³-hybridized carbons (Fsp3) is 0.105. The van der Waals surface area contributed by atoms with E-state index < -0.39 is 5.82 Å². The van der Waals surface area contributed by atoms with Crippen LogP contribution in [0.1, 0.15) is 16.1 Å². The smallest absolute Gasteiger partial charge is 0.271 e. The summed E-state index contributed by atoms with van der Waals surface area (Å²) in [7, 11) is 1.58. The van der Waals surface area contributed by atoms with Crippen molar-refractivity contribution in [3.05, 3.63) is 77.0 Å². The molecule has 3 aromatic rings. The van der Waals surface area contributed by atoms with Gasteiger partial charge in [0.05, 0.1) is 24.5 Å². The Labute approximate surface area is 160 Å². The summed E-state index contributed by atoms with van der Waals surface area (Å²) in [5, 5.41) is 5.71. The second-order valence-electron chi connectivity index (χ2n) is 5.54. The van der Waals surface area contributed by atoms with Crippen molar-refractivity contribution in [2.45, 2.75) is 6.54 Å². The van der Waals surface area contributed by atoms with E-state index in [0.29, 0.717) is 23.8 Å². The van der Waals surface area contributed by atoms with Gasteiger partial charge in [-0.05, 0) is 24.3 Å². The van der Waals surface area contributed by atoms with Crippen molar-refractivity contribution in [1.29, 1.82) is 0 Å². The lowest BCUT2D eigenvalue weighted by atomic mass is 10.2. The zero-order chi connectivity index (χ0) is 19.2. The molecule has 2 N–H and O–H groups in total. The molecular weight excluding hydrogens is 371 g/mol. The number of anilines is 2. The zero-order valence-corrected chi connectivity index (χ0v) is 15.1. The highest BCUT2D eigenvalue weighted by molar-refractivity contribution is 6.31. The number of para-hydroxylation sites is 1. The van der Waals surface area contributed by atoms with Crippen molar-refractivity contribution in [1.82, 2.24) is 15.3 Å². The summed E-state index contributed by atoms with van der Waals surface area (Å²) >= 11 is 5.74. The lowest BCUT2D eigenvalue weighted by molar-refractivity contribution is 0.0945. The highest BCUT2D eigenvalue weighted by Crippen LogP contribution is 2.21. The molecular formula is C19H16ClFN4O2. The lowest BCUT2D eigenvalue weighted by Gasteiger charge is -2.09. The van der Waals surface area contributed by atoms with Gasteiger partial charge >= 0.3 is 0 Å². The second kappa shape index (κ2) is 8.46. The summed E-state index contributed by atoms with van der Waals surface area (Å²) in [6.45, 7) is 0.304. The van der Waals surface area contributed by atoms with Crippen LogP contribution in [-0.4, -0.2) is 23.0 Å². The quantitative estimate of drug-likeness (QED) is 0.670. The Morgan fingerprint density at radius 3 is 2.70 bits per heavy atom.